The van der Waals surface area contributed by atoms with Gasteiger partial charge in [-0.05, 0) is 37.5 Å². The topological polar surface area (TPSA) is 96.2 Å². The zero-order valence-corrected chi connectivity index (χ0v) is 11.5. The molecule has 20 heavy (non-hydrogen) atoms. The Morgan fingerprint density at radius 1 is 1.30 bits per heavy atom. The van der Waals surface area contributed by atoms with E-state index in [0.717, 1.165) is 18.4 Å². The molecule has 1 aromatic carbocycles. The number of urea groups is 1. The minimum atomic E-state index is -0.399. The Labute approximate surface area is 118 Å². The summed E-state index contributed by atoms with van der Waals surface area (Å²) in [5, 5.41) is 7.97. The molecule has 1 unspecified atom stereocenters. The standard InChI is InChI=1S/C14H20N4O2/c1-9(15)10-2-4-12(5-3-10)18-14(20)16-8-13(19)17-11-6-7-11/h2-5,9,11H,6-8,15H2,1H3,(H,17,19)(H2,16,18,20). The third kappa shape index (κ3) is 4.55. The molecule has 2 rings (SSSR count). The normalized spacial score (nSPS) is 15.3. The highest BCUT2D eigenvalue weighted by molar-refractivity contribution is 5.92. The molecule has 1 aliphatic rings. The van der Waals surface area contributed by atoms with E-state index in [9.17, 15) is 9.59 Å². The van der Waals surface area contributed by atoms with Crippen molar-refractivity contribution in [1.29, 1.82) is 0 Å². The van der Waals surface area contributed by atoms with Crippen molar-refractivity contribution in [3.05, 3.63) is 29.8 Å². The maximum atomic E-state index is 11.6. The highest BCUT2D eigenvalue weighted by Gasteiger charge is 2.23. The van der Waals surface area contributed by atoms with Crippen molar-refractivity contribution in [3.63, 3.8) is 0 Å². The Morgan fingerprint density at radius 2 is 1.95 bits per heavy atom. The SMILES string of the molecule is CC(N)c1ccc(NC(=O)NCC(=O)NC2CC2)cc1. The van der Waals surface area contributed by atoms with Gasteiger partial charge in [-0.25, -0.2) is 4.79 Å². The van der Waals surface area contributed by atoms with E-state index in [2.05, 4.69) is 16.0 Å². The Kier molecular flexibility index (Phi) is 4.57. The second-order valence-corrected chi connectivity index (χ2v) is 5.06. The highest BCUT2D eigenvalue weighted by atomic mass is 16.2. The van der Waals surface area contributed by atoms with E-state index in [0.29, 0.717) is 11.7 Å². The summed E-state index contributed by atoms with van der Waals surface area (Å²) < 4.78 is 0. The van der Waals surface area contributed by atoms with E-state index >= 15 is 0 Å². The van der Waals surface area contributed by atoms with Gasteiger partial charge in [-0.3, -0.25) is 4.79 Å². The first-order valence-corrected chi connectivity index (χ1v) is 6.74. The van der Waals surface area contributed by atoms with E-state index < -0.39 is 6.03 Å². The van der Waals surface area contributed by atoms with Gasteiger partial charge in [0.05, 0.1) is 6.54 Å². The van der Waals surface area contributed by atoms with E-state index in [1.165, 1.54) is 0 Å². The van der Waals surface area contributed by atoms with Crippen molar-refractivity contribution in [2.24, 2.45) is 5.73 Å². The number of rotatable bonds is 5. The van der Waals surface area contributed by atoms with Crippen LogP contribution in [-0.2, 0) is 4.79 Å². The maximum Gasteiger partial charge on any atom is 0.319 e. The van der Waals surface area contributed by atoms with Crippen LogP contribution < -0.4 is 21.7 Å². The van der Waals surface area contributed by atoms with Crippen LogP contribution in [0, 0.1) is 0 Å². The Balaban J connectivity index is 1.74. The van der Waals surface area contributed by atoms with Crippen molar-refractivity contribution in [1.82, 2.24) is 10.6 Å². The summed E-state index contributed by atoms with van der Waals surface area (Å²) >= 11 is 0. The molecule has 0 bridgehead atoms. The average molecular weight is 276 g/mol. The first kappa shape index (κ1) is 14.3. The van der Waals surface area contributed by atoms with Crippen molar-refractivity contribution < 1.29 is 9.59 Å². The molecule has 0 radical (unpaired) electrons. The summed E-state index contributed by atoms with van der Waals surface area (Å²) in [7, 11) is 0. The molecule has 1 aromatic rings. The number of anilines is 1. The van der Waals surface area contributed by atoms with Crippen LogP contribution in [-0.4, -0.2) is 24.5 Å². The van der Waals surface area contributed by atoms with Gasteiger partial charge < -0.3 is 21.7 Å². The number of nitrogens with two attached hydrogens (primary N) is 1. The average Bonchev–Trinajstić information content (AvgIpc) is 3.21. The molecule has 5 N–H and O–H groups in total. The molecule has 108 valence electrons. The van der Waals surface area contributed by atoms with Crippen molar-refractivity contribution in [2.75, 3.05) is 11.9 Å². The molecule has 1 atom stereocenters. The van der Waals surface area contributed by atoms with Crippen LogP contribution in [0.4, 0.5) is 10.5 Å². The number of carbonyl (C=O) groups excluding carboxylic acids is 2. The predicted octanol–water partition coefficient (Wildman–Crippen LogP) is 1.11. The molecule has 0 aromatic heterocycles. The Bertz CT molecular complexity index is 480. The van der Waals surface area contributed by atoms with Gasteiger partial charge in [-0.1, -0.05) is 12.1 Å². The first-order valence-electron chi connectivity index (χ1n) is 6.74. The molecule has 0 heterocycles. The largest absolute Gasteiger partial charge is 0.352 e. The van der Waals surface area contributed by atoms with Crippen LogP contribution in [0.25, 0.3) is 0 Å². The zero-order chi connectivity index (χ0) is 14.5. The molecular weight excluding hydrogens is 256 g/mol. The maximum absolute atomic E-state index is 11.6. The number of benzene rings is 1. The van der Waals surface area contributed by atoms with E-state index in [4.69, 9.17) is 5.73 Å². The van der Waals surface area contributed by atoms with Crippen LogP contribution in [0.1, 0.15) is 31.4 Å². The molecule has 6 heteroatoms. The van der Waals surface area contributed by atoms with Gasteiger partial charge in [0.2, 0.25) is 5.91 Å². The summed E-state index contributed by atoms with van der Waals surface area (Å²) in [6.45, 7) is 1.88. The quantitative estimate of drug-likeness (QED) is 0.648. The lowest BCUT2D eigenvalue weighted by molar-refractivity contribution is -0.120. The number of hydrogen-bond acceptors (Lipinski definition) is 3. The number of nitrogens with one attached hydrogen (secondary N) is 3. The van der Waals surface area contributed by atoms with Gasteiger partial charge >= 0.3 is 6.03 Å². The first-order chi connectivity index (χ1) is 9.54. The Hall–Kier alpha value is -2.08. The number of carbonyl (C=O) groups is 2. The smallest absolute Gasteiger partial charge is 0.319 e. The summed E-state index contributed by atoms with van der Waals surface area (Å²) in [5.74, 6) is -0.157. The fourth-order valence-electron chi connectivity index (χ4n) is 1.71. The molecule has 0 saturated heterocycles. The van der Waals surface area contributed by atoms with Crippen molar-refractivity contribution >= 4 is 17.6 Å². The van der Waals surface area contributed by atoms with Gasteiger partial charge in [0.25, 0.3) is 0 Å². The van der Waals surface area contributed by atoms with Crippen LogP contribution in [0.3, 0.4) is 0 Å². The highest BCUT2D eigenvalue weighted by Crippen LogP contribution is 2.18. The van der Waals surface area contributed by atoms with Crippen LogP contribution in [0.5, 0.6) is 0 Å². The number of amides is 3. The lowest BCUT2D eigenvalue weighted by Gasteiger charge is -2.09. The van der Waals surface area contributed by atoms with Crippen LogP contribution >= 0.6 is 0 Å². The monoisotopic (exact) mass is 276 g/mol. The molecule has 1 aliphatic carbocycles. The van der Waals surface area contributed by atoms with Crippen LogP contribution in [0.15, 0.2) is 24.3 Å². The molecule has 6 nitrogen and oxygen atoms in total. The Morgan fingerprint density at radius 3 is 2.50 bits per heavy atom. The van der Waals surface area contributed by atoms with Gasteiger partial charge in [-0.2, -0.15) is 0 Å². The lowest BCUT2D eigenvalue weighted by atomic mass is 10.1. The number of hydrogen-bond donors (Lipinski definition) is 4. The summed E-state index contributed by atoms with van der Waals surface area (Å²) in [6.07, 6.45) is 2.06. The second kappa shape index (κ2) is 6.38. The minimum Gasteiger partial charge on any atom is -0.352 e. The predicted molar refractivity (Wildman–Crippen MR) is 77.2 cm³/mol. The third-order valence-corrected chi connectivity index (χ3v) is 3.05. The molecule has 0 spiro atoms. The van der Waals surface area contributed by atoms with Gasteiger partial charge in [0, 0.05) is 17.8 Å². The summed E-state index contributed by atoms with van der Waals surface area (Å²) in [5.41, 5.74) is 7.41. The molecule has 3 amide bonds. The third-order valence-electron chi connectivity index (χ3n) is 3.05. The van der Waals surface area contributed by atoms with Gasteiger partial charge in [0.1, 0.15) is 0 Å². The van der Waals surface area contributed by atoms with Crippen LogP contribution in [0.2, 0.25) is 0 Å². The van der Waals surface area contributed by atoms with Crippen molar-refractivity contribution in [2.45, 2.75) is 31.8 Å². The summed E-state index contributed by atoms with van der Waals surface area (Å²) in [6, 6.07) is 7.15. The molecule has 0 aliphatic heterocycles. The molecule has 1 fully saturated rings. The fraction of sp³-hybridized carbons (Fsp3) is 0.429. The molecule has 1 saturated carbocycles. The minimum absolute atomic E-state index is 0.0136. The molecular formula is C14H20N4O2. The van der Waals surface area contributed by atoms with Gasteiger partial charge in [-0.15, -0.1) is 0 Å². The van der Waals surface area contributed by atoms with E-state index in [1.54, 1.807) is 12.1 Å². The fourth-order valence-corrected chi connectivity index (χ4v) is 1.71. The second-order valence-electron chi connectivity index (χ2n) is 5.06. The lowest BCUT2D eigenvalue weighted by Crippen LogP contribution is -2.39. The van der Waals surface area contributed by atoms with Gasteiger partial charge in [0.15, 0.2) is 0 Å². The zero-order valence-electron chi connectivity index (χ0n) is 11.5. The summed E-state index contributed by atoms with van der Waals surface area (Å²) in [4.78, 5) is 23.0. The van der Waals surface area contributed by atoms with Crippen molar-refractivity contribution in [3.8, 4) is 0 Å². The van der Waals surface area contributed by atoms with E-state index in [-0.39, 0.29) is 18.5 Å². The van der Waals surface area contributed by atoms with E-state index in [1.807, 2.05) is 19.1 Å².